The van der Waals surface area contributed by atoms with E-state index in [0.717, 1.165) is 55.7 Å². The minimum atomic E-state index is 0.236. The molecule has 1 aromatic carbocycles. The Hall–Kier alpha value is -1.75. The van der Waals surface area contributed by atoms with Crippen molar-refractivity contribution in [2.75, 3.05) is 32.5 Å². The van der Waals surface area contributed by atoms with Crippen molar-refractivity contribution in [3.8, 4) is 5.75 Å². The van der Waals surface area contributed by atoms with E-state index in [4.69, 9.17) is 10.5 Å². The smallest absolute Gasteiger partial charge is 0.207 e. The number of hydrogen-bond donors (Lipinski definition) is 2. The van der Waals surface area contributed by atoms with E-state index in [2.05, 4.69) is 25.2 Å². The second-order valence-electron chi connectivity index (χ2n) is 6.26. The average Bonchev–Trinajstić information content (AvgIpc) is 2.54. The number of hydrogen-bond acceptors (Lipinski definition) is 3. The average molecular weight is 322 g/mol. The first-order valence-corrected chi connectivity index (χ1v) is 8.47. The van der Waals surface area contributed by atoms with Crippen molar-refractivity contribution in [3.63, 3.8) is 0 Å². The minimum absolute atomic E-state index is 0.236. The molecule has 23 heavy (non-hydrogen) atoms. The van der Waals surface area contributed by atoms with Crippen LogP contribution in [0.3, 0.4) is 0 Å². The summed E-state index contributed by atoms with van der Waals surface area (Å²) in [5.41, 5.74) is 7.97. The fourth-order valence-corrected chi connectivity index (χ4v) is 3.04. The van der Waals surface area contributed by atoms with E-state index in [-0.39, 0.29) is 6.04 Å². The summed E-state index contributed by atoms with van der Waals surface area (Å²) in [7, 11) is 1.64. The molecule has 5 heteroatoms. The van der Waals surface area contributed by atoms with Crippen LogP contribution in [0.1, 0.15) is 39.2 Å². The highest BCUT2D eigenvalue weighted by Crippen LogP contribution is 2.25. The standard InChI is InChI=1S/C18H31N3O2/c1-5-21(6-2,11-7-8-15(3)20-14-22)13-16-9-10-18(23-4)17(19)12-16/h9-10,12,14-15H,5-8,11,13,19H2,1-4H3/p+1. The van der Waals surface area contributed by atoms with Crippen LogP contribution in [-0.2, 0) is 11.3 Å². The monoisotopic (exact) mass is 322 g/mol. The summed E-state index contributed by atoms with van der Waals surface area (Å²) < 4.78 is 6.26. The van der Waals surface area contributed by atoms with Crippen LogP contribution in [0.5, 0.6) is 5.75 Å². The van der Waals surface area contributed by atoms with Crippen molar-refractivity contribution < 1.29 is 14.0 Å². The molecule has 0 saturated heterocycles. The maximum absolute atomic E-state index is 10.5. The molecule has 1 aromatic rings. The lowest BCUT2D eigenvalue weighted by atomic mass is 10.1. The number of amides is 1. The minimum Gasteiger partial charge on any atom is -0.495 e. The highest BCUT2D eigenvalue weighted by molar-refractivity contribution is 5.54. The summed E-state index contributed by atoms with van der Waals surface area (Å²) in [6.45, 7) is 10.8. The third-order valence-electron chi connectivity index (χ3n) is 4.78. The molecule has 130 valence electrons. The van der Waals surface area contributed by atoms with Gasteiger partial charge in [0.15, 0.2) is 0 Å². The molecular weight excluding hydrogens is 290 g/mol. The van der Waals surface area contributed by atoms with Gasteiger partial charge in [0.2, 0.25) is 6.41 Å². The zero-order valence-electron chi connectivity index (χ0n) is 15.0. The van der Waals surface area contributed by atoms with Crippen LogP contribution in [0, 0.1) is 0 Å². The molecule has 5 nitrogen and oxygen atoms in total. The summed E-state index contributed by atoms with van der Waals surface area (Å²) in [5, 5.41) is 2.82. The zero-order valence-corrected chi connectivity index (χ0v) is 15.0. The van der Waals surface area contributed by atoms with E-state index >= 15 is 0 Å². The third kappa shape index (κ3) is 5.75. The van der Waals surface area contributed by atoms with Crippen LogP contribution in [0.4, 0.5) is 5.69 Å². The first kappa shape index (κ1) is 19.3. The zero-order chi connectivity index (χ0) is 17.3. The van der Waals surface area contributed by atoms with Gasteiger partial charge in [0.1, 0.15) is 12.3 Å². The Bertz CT molecular complexity index is 487. The molecule has 1 amide bonds. The maximum atomic E-state index is 10.5. The van der Waals surface area contributed by atoms with Crippen LogP contribution < -0.4 is 15.8 Å². The topological polar surface area (TPSA) is 64.3 Å². The number of carbonyl (C=O) groups excluding carboxylic acids is 1. The Labute approximate surface area is 140 Å². The lowest BCUT2D eigenvalue weighted by Gasteiger charge is -2.37. The molecule has 1 atom stereocenters. The normalized spacial score (nSPS) is 12.7. The quantitative estimate of drug-likeness (QED) is 0.374. The summed E-state index contributed by atoms with van der Waals surface area (Å²) >= 11 is 0. The molecule has 0 aliphatic heterocycles. The molecule has 0 aromatic heterocycles. The number of benzene rings is 1. The van der Waals surface area contributed by atoms with Gasteiger partial charge in [-0.15, -0.1) is 0 Å². The van der Waals surface area contributed by atoms with E-state index in [0.29, 0.717) is 5.69 Å². The van der Waals surface area contributed by atoms with Gasteiger partial charge in [0, 0.05) is 11.6 Å². The third-order valence-corrected chi connectivity index (χ3v) is 4.78. The molecule has 0 aliphatic rings. The summed E-state index contributed by atoms with van der Waals surface area (Å²) in [4.78, 5) is 10.5. The van der Waals surface area contributed by atoms with E-state index in [1.165, 1.54) is 5.56 Å². The van der Waals surface area contributed by atoms with Crippen molar-refractivity contribution >= 4 is 12.1 Å². The molecule has 0 fully saturated rings. The fraction of sp³-hybridized carbons (Fsp3) is 0.611. The molecule has 0 saturated carbocycles. The number of rotatable bonds is 11. The lowest BCUT2D eigenvalue weighted by Crippen LogP contribution is -2.47. The van der Waals surface area contributed by atoms with E-state index in [9.17, 15) is 4.79 Å². The molecule has 0 heterocycles. The number of quaternary nitrogens is 1. The number of carbonyl (C=O) groups is 1. The largest absolute Gasteiger partial charge is 0.495 e. The van der Waals surface area contributed by atoms with Crippen molar-refractivity contribution in [2.24, 2.45) is 0 Å². The Morgan fingerprint density at radius 3 is 2.57 bits per heavy atom. The van der Waals surface area contributed by atoms with Gasteiger partial charge < -0.3 is 20.3 Å². The summed E-state index contributed by atoms with van der Waals surface area (Å²) in [6.07, 6.45) is 2.88. The first-order valence-electron chi connectivity index (χ1n) is 8.47. The van der Waals surface area contributed by atoms with Gasteiger partial charge in [-0.3, -0.25) is 4.79 Å². The molecule has 3 N–H and O–H groups in total. The summed E-state index contributed by atoms with van der Waals surface area (Å²) in [6, 6.07) is 6.30. The SMILES string of the molecule is CC[N+](CC)(CCCC(C)NC=O)Cc1ccc(OC)c(N)c1. The van der Waals surface area contributed by atoms with Crippen LogP contribution in [0.2, 0.25) is 0 Å². The van der Waals surface area contributed by atoms with Gasteiger partial charge in [0.05, 0.1) is 32.4 Å². The van der Waals surface area contributed by atoms with Crippen LogP contribution in [0.25, 0.3) is 0 Å². The number of anilines is 1. The maximum Gasteiger partial charge on any atom is 0.207 e. The van der Waals surface area contributed by atoms with Gasteiger partial charge in [-0.1, -0.05) is 0 Å². The van der Waals surface area contributed by atoms with Crippen molar-refractivity contribution in [1.29, 1.82) is 0 Å². The number of nitrogen functional groups attached to an aromatic ring is 1. The molecule has 0 spiro atoms. The van der Waals surface area contributed by atoms with Gasteiger partial charge in [0.25, 0.3) is 0 Å². The Balaban J connectivity index is 2.72. The number of nitrogens with two attached hydrogens (primary N) is 1. The Kier molecular flexibility index (Phi) is 7.89. The highest BCUT2D eigenvalue weighted by atomic mass is 16.5. The number of nitrogens with one attached hydrogen (secondary N) is 1. The molecule has 1 rings (SSSR count). The first-order chi connectivity index (χ1) is 11.0. The number of methoxy groups -OCH3 is 1. The second kappa shape index (κ2) is 9.40. The summed E-state index contributed by atoms with van der Waals surface area (Å²) in [5.74, 6) is 0.730. The Morgan fingerprint density at radius 2 is 2.04 bits per heavy atom. The van der Waals surface area contributed by atoms with E-state index in [1.54, 1.807) is 7.11 Å². The predicted molar refractivity (Wildman–Crippen MR) is 95.2 cm³/mol. The van der Waals surface area contributed by atoms with Crippen molar-refractivity contribution in [3.05, 3.63) is 23.8 Å². The Morgan fingerprint density at radius 1 is 1.35 bits per heavy atom. The van der Waals surface area contributed by atoms with Crippen LogP contribution in [-0.4, -0.2) is 43.7 Å². The van der Waals surface area contributed by atoms with E-state index in [1.807, 2.05) is 19.1 Å². The van der Waals surface area contributed by atoms with Gasteiger partial charge in [-0.2, -0.15) is 0 Å². The fourth-order valence-electron chi connectivity index (χ4n) is 3.04. The molecular formula is C18H32N3O2+. The predicted octanol–water partition coefficient (Wildman–Crippen LogP) is 2.55. The van der Waals surface area contributed by atoms with Crippen LogP contribution in [0.15, 0.2) is 18.2 Å². The lowest BCUT2D eigenvalue weighted by molar-refractivity contribution is -0.938. The highest BCUT2D eigenvalue weighted by Gasteiger charge is 2.24. The molecule has 0 bridgehead atoms. The van der Waals surface area contributed by atoms with E-state index < -0.39 is 0 Å². The van der Waals surface area contributed by atoms with Gasteiger partial charge in [-0.25, -0.2) is 0 Å². The van der Waals surface area contributed by atoms with Crippen molar-refractivity contribution in [2.45, 2.75) is 46.2 Å². The molecule has 1 unspecified atom stereocenters. The number of ether oxygens (including phenoxy) is 1. The van der Waals surface area contributed by atoms with Crippen LogP contribution >= 0.6 is 0 Å². The van der Waals surface area contributed by atoms with Gasteiger partial charge in [-0.05, 0) is 51.8 Å². The number of nitrogens with zero attached hydrogens (tertiary/aromatic N) is 1. The van der Waals surface area contributed by atoms with Crippen molar-refractivity contribution in [1.82, 2.24) is 5.32 Å². The molecule has 0 aliphatic carbocycles. The molecule has 0 radical (unpaired) electrons. The second-order valence-corrected chi connectivity index (χ2v) is 6.26. The van der Waals surface area contributed by atoms with Gasteiger partial charge >= 0.3 is 0 Å².